The van der Waals surface area contributed by atoms with Gasteiger partial charge in [0.05, 0.1) is 7.11 Å². The average molecular weight is 246 g/mol. The van der Waals surface area contributed by atoms with Gasteiger partial charge in [-0.2, -0.15) is 11.3 Å². The van der Waals surface area contributed by atoms with Crippen LogP contribution < -0.4 is 5.76 Å². The third-order valence-corrected chi connectivity index (χ3v) is 3.23. The number of rotatable bonds is 3. The zero-order valence-electron chi connectivity index (χ0n) is 7.58. The molecule has 1 unspecified atom stereocenters. The van der Waals surface area contributed by atoms with Gasteiger partial charge >= 0.3 is 5.76 Å². The van der Waals surface area contributed by atoms with Gasteiger partial charge in [0.25, 0.3) is 11.3 Å². The van der Waals surface area contributed by atoms with Crippen LogP contribution in [-0.2, 0) is 15.4 Å². The first kappa shape index (κ1) is 10.3. The quantitative estimate of drug-likeness (QED) is 0.794. The van der Waals surface area contributed by atoms with Crippen molar-refractivity contribution in [1.82, 2.24) is 9.13 Å². The standard InChI is InChI=1S/C7H6N2O4S2/c1-12-15(11)9-6(8-13-7(9)10)5-2-3-14-4-5/h2-4H,1H3. The van der Waals surface area contributed by atoms with Crippen LogP contribution in [0.15, 0.2) is 26.1 Å². The summed E-state index contributed by atoms with van der Waals surface area (Å²) in [5, 5.41) is 7.11. The number of hydrogen-bond donors (Lipinski definition) is 0. The summed E-state index contributed by atoms with van der Waals surface area (Å²) >= 11 is -0.480. The fourth-order valence-corrected chi connectivity index (χ4v) is 2.23. The third kappa shape index (κ3) is 1.78. The van der Waals surface area contributed by atoms with Crippen LogP contribution >= 0.6 is 11.3 Å². The largest absolute Gasteiger partial charge is 0.456 e. The zero-order chi connectivity index (χ0) is 10.8. The van der Waals surface area contributed by atoms with Gasteiger partial charge in [0.2, 0.25) is 5.82 Å². The third-order valence-electron chi connectivity index (χ3n) is 1.64. The molecule has 0 aliphatic heterocycles. The minimum absolute atomic E-state index is 0.196. The lowest BCUT2D eigenvalue weighted by atomic mass is 10.3. The van der Waals surface area contributed by atoms with E-state index in [4.69, 9.17) is 0 Å². The second-order valence-electron chi connectivity index (χ2n) is 2.46. The van der Waals surface area contributed by atoms with Gasteiger partial charge in [-0.15, -0.1) is 3.97 Å². The van der Waals surface area contributed by atoms with E-state index in [1.165, 1.54) is 18.4 Å². The maximum atomic E-state index is 11.4. The summed E-state index contributed by atoms with van der Waals surface area (Å²) in [6.07, 6.45) is 0. The molecule has 80 valence electrons. The van der Waals surface area contributed by atoms with Gasteiger partial charge in [0.1, 0.15) is 0 Å². The van der Waals surface area contributed by atoms with Crippen molar-refractivity contribution in [3.8, 4) is 11.4 Å². The van der Waals surface area contributed by atoms with Gasteiger partial charge in [-0.3, -0.25) is 8.71 Å². The van der Waals surface area contributed by atoms with Crippen molar-refractivity contribution in [2.45, 2.75) is 0 Å². The van der Waals surface area contributed by atoms with Crippen LogP contribution in [0.25, 0.3) is 11.4 Å². The van der Waals surface area contributed by atoms with Gasteiger partial charge in [-0.1, -0.05) is 5.16 Å². The fraction of sp³-hybridized carbons (Fsp3) is 0.143. The van der Waals surface area contributed by atoms with E-state index in [9.17, 15) is 9.00 Å². The number of aromatic nitrogens is 2. The molecule has 2 rings (SSSR count). The van der Waals surface area contributed by atoms with Crippen LogP contribution in [0.3, 0.4) is 0 Å². The summed E-state index contributed by atoms with van der Waals surface area (Å²) < 4.78 is 21.2. The molecule has 0 fully saturated rings. The monoisotopic (exact) mass is 246 g/mol. The summed E-state index contributed by atoms with van der Waals surface area (Å²) in [6, 6.07) is 1.74. The lowest BCUT2D eigenvalue weighted by Gasteiger charge is -1.98. The van der Waals surface area contributed by atoms with E-state index in [2.05, 4.69) is 13.9 Å². The lowest BCUT2D eigenvalue weighted by Crippen LogP contribution is -2.19. The molecule has 0 saturated heterocycles. The molecule has 15 heavy (non-hydrogen) atoms. The average Bonchev–Trinajstić information content (AvgIpc) is 2.85. The molecule has 0 aliphatic carbocycles. The van der Waals surface area contributed by atoms with Crippen molar-refractivity contribution in [2.75, 3.05) is 7.11 Å². The Hall–Kier alpha value is -1.25. The van der Waals surface area contributed by atoms with Crippen molar-refractivity contribution < 1.29 is 12.9 Å². The molecular formula is C7H6N2O4S2. The molecule has 2 aromatic rings. The van der Waals surface area contributed by atoms with Gasteiger partial charge in [0, 0.05) is 10.9 Å². The summed E-state index contributed by atoms with van der Waals surface area (Å²) in [6.45, 7) is 0. The summed E-state index contributed by atoms with van der Waals surface area (Å²) in [7, 11) is 1.23. The molecule has 0 saturated carbocycles. The Balaban J connectivity index is 2.59. The molecule has 0 spiro atoms. The van der Waals surface area contributed by atoms with Gasteiger partial charge < -0.3 is 0 Å². The molecule has 2 aromatic heterocycles. The smallest absolute Gasteiger partial charge is 0.295 e. The Morgan fingerprint density at radius 1 is 1.67 bits per heavy atom. The minimum Gasteiger partial charge on any atom is -0.295 e. The Kier molecular flexibility index (Phi) is 2.80. The molecule has 0 aliphatic rings. The lowest BCUT2D eigenvalue weighted by molar-refractivity contribution is 0.381. The van der Waals surface area contributed by atoms with Crippen LogP contribution in [0, 0.1) is 0 Å². The SMILES string of the molecule is COS(=O)n1c(-c2ccsc2)noc1=O. The van der Waals surface area contributed by atoms with E-state index < -0.39 is 17.0 Å². The highest BCUT2D eigenvalue weighted by Crippen LogP contribution is 2.19. The molecule has 8 heteroatoms. The van der Waals surface area contributed by atoms with Crippen LogP contribution in [0.1, 0.15) is 0 Å². The van der Waals surface area contributed by atoms with Crippen LogP contribution in [-0.4, -0.2) is 20.4 Å². The predicted octanol–water partition coefficient (Wildman–Crippen LogP) is 0.638. The highest BCUT2D eigenvalue weighted by atomic mass is 32.2. The second kappa shape index (κ2) is 4.09. The molecule has 0 N–H and O–H groups in total. The van der Waals surface area contributed by atoms with E-state index in [1.54, 1.807) is 11.4 Å². The van der Waals surface area contributed by atoms with Crippen LogP contribution in [0.4, 0.5) is 0 Å². The Morgan fingerprint density at radius 3 is 3.07 bits per heavy atom. The second-order valence-corrected chi connectivity index (χ2v) is 4.38. The van der Waals surface area contributed by atoms with E-state index in [1.807, 2.05) is 5.38 Å². The molecule has 1 atom stereocenters. The molecule has 0 amide bonds. The topological polar surface area (TPSA) is 74.3 Å². The normalized spacial score (nSPS) is 12.9. The minimum atomic E-state index is -1.91. The Morgan fingerprint density at radius 2 is 2.47 bits per heavy atom. The summed E-state index contributed by atoms with van der Waals surface area (Å²) in [4.78, 5) is 11.2. The van der Waals surface area contributed by atoms with Crippen molar-refractivity contribution in [1.29, 1.82) is 0 Å². The van der Waals surface area contributed by atoms with Crippen LogP contribution in [0.2, 0.25) is 0 Å². The first-order valence-corrected chi connectivity index (χ1v) is 5.79. The molecular weight excluding hydrogens is 240 g/mol. The van der Waals surface area contributed by atoms with E-state index in [-0.39, 0.29) is 5.82 Å². The van der Waals surface area contributed by atoms with Gasteiger partial charge in [-0.05, 0) is 11.4 Å². The fourth-order valence-electron chi connectivity index (χ4n) is 1.01. The first-order valence-electron chi connectivity index (χ1n) is 3.82. The Labute approximate surface area is 90.9 Å². The van der Waals surface area contributed by atoms with Crippen LogP contribution in [0.5, 0.6) is 0 Å². The van der Waals surface area contributed by atoms with Crippen molar-refractivity contribution in [3.05, 3.63) is 27.4 Å². The molecule has 0 bridgehead atoms. The van der Waals surface area contributed by atoms with Crippen molar-refractivity contribution in [3.63, 3.8) is 0 Å². The summed E-state index contributed by atoms with van der Waals surface area (Å²) in [5.74, 6) is -0.613. The van der Waals surface area contributed by atoms with Gasteiger partial charge in [0.15, 0.2) is 0 Å². The number of thiophene rings is 1. The number of nitrogens with zero attached hydrogens (tertiary/aromatic N) is 2. The molecule has 0 radical (unpaired) electrons. The molecule has 2 heterocycles. The molecule has 6 nitrogen and oxygen atoms in total. The zero-order valence-corrected chi connectivity index (χ0v) is 9.21. The predicted molar refractivity (Wildman–Crippen MR) is 54.6 cm³/mol. The van der Waals surface area contributed by atoms with E-state index in [0.717, 1.165) is 3.97 Å². The highest BCUT2D eigenvalue weighted by molar-refractivity contribution is 7.78. The Bertz CT molecular complexity index is 527. The van der Waals surface area contributed by atoms with E-state index in [0.29, 0.717) is 5.56 Å². The number of hydrogen-bond acceptors (Lipinski definition) is 6. The van der Waals surface area contributed by atoms with Crippen molar-refractivity contribution >= 4 is 22.6 Å². The molecule has 0 aromatic carbocycles. The van der Waals surface area contributed by atoms with Crippen molar-refractivity contribution in [2.24, 2.45) is 0 Å². The first-order chi connectivity index (χ1) is 7.24. The van der Waals surface area contributed by atoms with Gasteiger partial charge in [-0.25, -0.2) is 9.00 Å². The maximum Gasteiger partial charge on any atom is 0.456 e. The summed E-state index contributed by atoms with van der Waals surface area (Å²) in [5.41, 5.74) is 0.663. The van der Waals surface area contributed by atoms with E-state index >= 15 is 0 Å². The maximum absolute atomic E-state index is 11.4. The highest BCUT2D eigenvalue weighted by Gasteiger charge is 2.18.